The van der Waals surface area contributed by atoms with Crippen LogP contribution in [0.2, 0.25) is 0 Å². The molecule has 0 atom stereocenters. The summed E-state index contributed by atoms with van der Waals surface area (Å²) in [6.07, 6.45) is 1.69. The number of nitrogens with zero attached hydrogens (tertiary/aromatic N) is 2. The van der Waals surface area contributed by atoms with Gasteiger partial charge in [-0.25, -0.2) is 0 Å². The molecule has 0 aliphatic rings. The van der Waals surface area contributed by atoms with E-state index in [0.29, 0.717) is 5.92 Å². The first-order chi connectivity index (χ1) is 7.27. The van der Waals surface area contributed by atoms with Crippen LogP contribution in [0, 0.1) is 0 Å². The first-order valence-corrected chi connectivity index (χ1v) is 5.15. The molecule has 1 aromatic carbocycles. The SMILES string of the molecule is CC(C)c1ccc(-c2cccnn2)cc1. The van der Waals surface area contributed by atoms with Gasteiger partial charge in [0.15, 0.2) is 0 Å². The lowest BCUT2D eigenvalue weighted by atomic mass is 10.0. The zero-order valence-electron chi connectivity index (χ0n) is 9.01. The average Bonchev–Trinajstić information content (AvgIpc) is 2.30. The van der Waals surface area contributed by atoms with Crippen LogP contribution in [0.3, 0.4) is 0 Å². The van der Waals surface area contributed by atoms with E-state index in [1.165, 1.54) is 5.56 Å². The molecule has 0 unspecified atom stereocenters. The molecule has 1 heterocycles. The Kier molecular flexibility index (Phi) is 2.77. The molecule has 0 aliphatic heterocycles. The number of aromatic nitrogens is 2. The van der Waals surface area contributed by atoms with E-state index in [9.17, 15) is 0 Å². The zero-order chi connectivity index (χ0) is 10.7. The normalized spacial score (nSPS) is 10.6. The fourth-order valence-electron chi connectivity index (χ4n) is 1.49. The molecule has 76 valence electrons. The molecule has 2 aromatic rings. The van der Waals surface area contributed by atoms with E-state index >= 15 is 0 Å². The third kappa shape index (κ3) is 2.21. The van der Waals surface area contributed by atoms with Gasteiger partial charge >= 0.3 is 0 Å². The van der Waals surface area contributed by atoms with Gasteiger partial charge in [-0.05, 0) is 23.6 Å². The van der Waals surface area contributed by atoms with Crippen molar-refractivity contribution in [1.29, 1.82) is 0 Å². The smallest absolute Gasteiger partial charge is 0.0929 e. The maximum absolute atomic E-state index is 4.07. The van der Waals surface area contributed by atoms with E-state index in [-0.39, 0.29) is 0 Å². The Morgan fingerprint density at radius 2 is 1.73 bits per heavy atom. The Morgan fingerprint density at radius 1 is 1.00 bits per heavy atom. The van der Waals surface area contributed by atoms with Gasteiger partial charge in [0.05, 0.1) is 5.69 Å². The highest BCUT2D eigenvalue weighted by Gasteiger charge is 2.01. The molecule has 15 heavy (non-hydrogen) atoms. The van der Waals surface area contributed by atoms with Gasteiger partial charge in [0, 0.05) is 11.8 Å². The van der Waals surface area contributed by atoms with Gasteiger partial charge in [-0.3, -0.25) is 0 Å². The molecular weight excluding hydrogens is 184 g/mol. The standard InChI is InChI=1S/C13H14N2/c1-10(2)11-5-7-12(8-6-11)13-4-3-9-14-15-13/h3-10H,1-2H3. The molecule has 0 saturated carbocycles. The van der Waals surface area contributed by atoms with E-state index in [2.05, 4.69) is 48.3 Å². The third-order valence-electron chi connectivity index (χ3n) is 2.45. The molecule has 0 amide bonds. The van der Waals surface area contributed by atoms with Crippen molar-refractivity contribution in [3.63, 3.8) is 0 Å². The van der Waals surface area contributed by atoms with Crippen molar-refractivity contribution >= 4 is 0 Å². The summed E-state index contributed by atoms with van der Waals surface area (Å²) < 4.78 is 0. The van der Waals surface area contributed by atoms with Crippen molar-refractivity contribution in [2.24, 2.45) is 0 Å². The average molecular weight is 198 g/mol. The summed E-state index contributed by atoms with van der Waals surface area (Å²) in [6.45, 7) is 4.38. The minimum absolute atomic E-state index is 0.570. The summed E-state index contributed by atoms with van der Waals surface area (Å²) in [7, 11) is 0. The Morgan fingerprint density at radius 3 is 2.27 bits per heavy atom. The monoisotopic (exact) mass is 198 g/mol. The predicted molar refractivity (Wildman–Crippen MR) is 61.6 cm³/mol. The molecule has 0 N–H and O–H groups in total. The Hall–Kier alpha value is -1.70. The molecule has 0 bridgehead atoms. The summed E-state index contributed by atoms with van der Waals surface area (Å²) in [4.78, 5) is 0. The minimum Gasteiger partial charge on any atom is -0.159 e. The second-order valence-electron chi connectivity index (χ2n) is 3.89. The van der Waals surface area contributed by atoms with Crippen LogP contribution in [0.4, 0.5) is 0 Å². The summed E-state index contributed by atoms with van der Waals surface area (Å²) >= 11 is 0. The Labute approximate surface area is 90.0 Å². The number of benzene rings is 1. The van der Waals surface area contributed by atoms with E-state index in [1.807, 2.05) is 12.1 Å². The van der Waals surface area contributed by atoms with E-state index in [4.69, 9.17) is 0 Å². The van der Waals surface area contributed by atoms with Crippen LogP contribution in [0.15, 0.2) is 42.6 Å². The van der Waals surface area contributed by atoms with Gasteiger partial charge in [-0.2, -0.15) is 10.2 Å². The van der Waals surface area contributed by atoms with Crippen LogP contribution < -0.4 is 0 Å². The van der Waals surface area contributed by atoms with Crippen LogP contribution in [0.25, 0.3) is 11.3 Å². The summed E-state index contributed by atoms with van der Waals surface area (Å²) in [5.74, 6) is 0.570. The van der Waals surface area contributed by atoms with Crippen molar-refractivity contribution in [1.82, 2.24) is 10.2 Å². The predicted octanol–water partition coefficient (Wildman–Crippen LogP) is 3.27. The van der Waals surface area contributed by atoms with Gasteiger partial charge in [0.25, 0.3) is 0 Å². The molecule has 2 heteroatoms. The van der Waals surface area contributed by atoms with Crippen molar-refractivity contribution < 1.29 is 0 Å². The van der Waals surface area contributed by atoms with Crippen LogP contribution in [-0.4, -0.2) is 10.2 Å². The summed E-state index contributed by atoms with van der Waals surface area (Å²) in [5.41, 5.74) is 3.39. The van der Waals surface area contributed by atoms with Crippen molar-refractivity contribution in [3.05, 3.63) is 48.2 Å². The molecule has 2 rings (SSSR count). The maximum atomic E-state index is 4.07. The highest BCUT2D eigenvalue weighted by atomic mass is 15.1. The first kappa shape index (κ1) is 9.84. The van der Waals surface area contributed by atoms with Crippen LogP contribution >= 0.6 is 0 Å². The fourth-order valence-corrected chi connectivity index (χ4v) is 1.49. The fraction of sp³-hybridized carbons (Fsp3) is 0.231. The van der Waals surface area contributed by atoms with Gasteiger partial charge in [0.1, 0.15) is 0 Å². The number of rotatable bonds is 2. The highest BCUT2D eigenvalue weighted by Crippen LogP contribution is 2.20. The number of hydrogen-bond acceptors (Lipinski definition) is 2. The van der Waals surface area contributed by atoms with Gasteiger partial charge < -0.3 is 0 Å². The lowest BCUT2D eigenvalue weighted by Gasteiger charge is -2.05. The van der Waals surface area contributed by atoms with Crippen molar-refractivity contribution in [2.75, 3.05) is 0 Å². The second kappa shape index (κ2) is 4.22. The third-order valence-corrected chi connectivity index (χ3v) is 2.45. The molecule has 0 radical (unpaired) electrons. The Bertz CT molecular complexity index is 418. The zero-order valence-corrected chi connectivity index (χ0v) is 9.01. The van der Waals surface area contributed by atoms with Crippen LogP contribution in [0.1, 0.15) is 25.3 Å². The summed E-state index contributed by atoms with van der Waals surface area (Å²) in [5, 5.41) is 7.94. The lowest BCUT2D eigenvalue weighted by Crippen LogP contribution is -1.88. The molecule has 2 nitrogen and oxygen atoms in total. The molecule has 0 fully saturated rings. The quantitative estimate of drug-likeness (QED) is 0.740. The topological polar surface area (TPSA) is 25.8 Å². The van der Waals surface area contributed by atoms with Gasteiger partial charge in [0.2, 0.25) is 0 Å². The molecule has 0 spiro atoms. The van der Waals surface area contributed by atoms with Crippen molar-refractivity contribution in [3.8, 4) is 11.3 Å². The highest BCUT2D eigenvalue weighted by molar-refractivity contribution is 5.58. The van der Waals surface area contributed by atoms with Crippen LogP contribution in [0.5, 0.6) is 0 Å². The van der Waals surface area contributed by atoms with E-state index in [0.717, 1.165) is 11.3 Å². The van der Waals surface area contributed by atoms with Crippen molar-refractivity contribution in [2.45, 2.75) is 19.8 Å². The molecule has 0 aliphatic carbocycles. The molecule has 0 saturated heterocycles. The largest absolute Gasteiger partial charge is 0.159 e. The maximum Gasteiger partial charge on any atom is 0.0929 e. The Balaban J connectivity index is 2.32. The first-order valence-electron chi connectivity index (χ1n) is 5.15. The minimum atomic E-state index is 0.570. The van der Waals surface area contributed by atoms with Gasteiger partial charge in [-0.1, -0.05) is 38.1 Å². The second-order valence-corrected chi connectivity index (χ2v) is 3.89. The lowest BCUT2D eigenvalue weighted by molar-refractivity contribution is 0.867. The van der Waals surface area contributed by atoms with E-state index < -0.39 is 0 Å². The molecule has 1 aromatic heterocycles. The van der Waals surface area contributed by atoms with E-state index in [1.54, 1.807) is 6.20 Å². The van der Waals surface area contributed by atoms with Gasteiger partial charge in [-0.15, -0.1) is 0 Å². The molecular formula is C13H14N2. The van der Waals surface area contributed by atoms with Crippen LogP contribution in [-0.2, 0) is 0 Å². The number of hydrogen-bond donors (Lipinski definition) is 0. The summed E-state index contributed by atoms with van der Waals surface area (Å²) in [6, 6.07) is 12.4.